The molecule has 3 rings (SSSR count). The van der Waals surface area contributed by atoms with Crippen LogP contribution in [0.1, 0.15) is 11.1 Å². The van der Waals surface area contributed by atoms with Gasteiger partial charge in [0.15, 0.2) is 0 Å². The fraction of sp³-hybridized carbons (Fsp3) is 0.0588. The van der Waals surface area contributed by atoms with Crippen LogP contribution in [0, 0.1) is 3.57 Å². The fourth-order valence-corrected chi connectivity index (χ4v) is 3.58. The number of rotatable bonds is 3. The molecule has 1 saturated heterocycles. The zero-order valence-electron chi connectivity index (χ0n) is 11.8. The highest BCUT2D eigenvalue weighted by atomic mass is 127. The lowest BCUT2D eigenvalue weighted by Crippen LogP contribution is -2.27. The van der Waals surface area contributed by atoms with Gasteiger partial charge in [-0.3, -0.25) is 14.5 Å². The van der Waals surface area contributed by atoms with Gasteiger partial charge in [0.25, 0.3) is 11.1 Å². The van der Waals surface area contributed by atoms with Gasteiger partial charge in [-0.2, -0.15) is 0 Å². The van der Waals surface area contributed by atoms with Gasteiger partial charge in [0.1, 0.15) is 0 Å². The Morgan fingerprint density at radius 1 is 1.04 bits per heavy atom. The van der Waals surface area contributed by atoms with Crippen molar-refractivity contribution >= 4 is 67.5 Å². The number of nitrogens with zero attached hydrogens (tertiary/aromatic N) is 1. The Morgan fingerprint density at radius 2 is 1.70 bits per heavy atom. The number of hydrogen-bond acceptors (Lipinski definition) is 3. The first-order valence-corrected chi connectivity index (χ1v) is 9.47. The van der Waals surface area contributed by atoms with Gasteiger partial charge in [-0.05, 0) is 75.8 Å². The molecule has 0 saturated carbocycles. The average molecular weight is 500 g/mol. The first-order valence-electron chi connectivity index (χ1n) is 6.78. The summed E-state index contributed by atoms with van der Waals surface area (Å²) in [5.41, 5.74) is 1.84. The zero-order chi connectivity index (χ0) is 16.4. The number of carbonyl (C=O) groups is 2. The summed E-state index contributed by atoms with van der Waals surface area (Å²) in [6.07, 6.45) is 1.76. The smallest absolute Gasteiger partial charge is 0.268 e. The molecular weight excluding hydrogens is 489 g/mol. The summed E-state index contributed by atoms with van der Waals surface area (Å²) >= 11 is 6.59. The van der Waals surface area contributed by atoms with Crippen molar-refractivity contribution < 1.29 is 9.59 Å². The molecule has 0 radical (unpaired) electrons. The van der Waals surface area contributed by atoms with Crippen LogP contribution < -0.4 is 0 Å². The Balaban J connectivity index is 1.79. The van der Waals surface area contributed by atoms with Crippen LogP contribution in [0.3, 0.4) is 0 Å². The van der Waals surface area contributed by atoms with Gasteiger partial charge in [-0.25, -0.2) is 0 Å². The second-order valence-electron chi connectivity index (χ2n) is 4.95. The van der Waals surface area contributed by atoms with E-state index in [0.29, 0.717) is 11.4 Å². The second-order valence-corrected chi connectivity index (χ2v) is 8.10. The molecule has 116 valence electrons. The number of benzene rings is 2. The Kier molecular flexibility index (Phi) is 5.23. The number of amides is 2. The second kappa shape index (κ2) is 7.19. The van der Waals surface area contributed by atoms with Crippen molar-refractivity contribution in [3.05, 3.63) is 72.6 Å². The Bertz CT molecular complexity index is 787. The van der Waals surface area contributed by atoms with Crippen molar-refractivity contribution in [3.8, 4) is 0 Å². The van der Waals surface area contributed by atoms with Crippen molar-refractivity contribution in [1.29, 1.82) is 0 Å². The van der Waals surface area contributed by atoms with Crippen LogP contribution in [0.4, 0.5) is 4.79 Å². The molecule has 0 atom stereocenters. The van der Waals surface area contributed by atoms with Gasteiger partial charge in [0.05, 0.1) is 11.4 Å². The number of imide groups is 1. The topological polar surface area (TPSA) is 37.4 Å². The zero-order valence-corrected chi connectivity index (χ0v) is 16.4. The van der Waals surface area contributed by atoms with E-state index in [0.717, 1.165) is 30.9 Å². The highest BCUT2D eigenvalue weighted by Gasteiger charge is 2.34. The van der Waals surface area contributed by atoms with Gasteiger partial charge in [0.2, 0.25) is 0 Å². The van der Waals surface area contributed by atoms with Crippen LogP contribution >= 0.6 is 50.3 Å². The molecular formula is C17H11BrINO2S. The van der Waals surface area contributed by atoms with Gasteiger partial charge in [-0.1, -0.05) is 40.2 Å². The minimum atomic E-state index is -0.235. The van der Waals surface area contributed by atoms with Gasteiger partial charge >= 0.3 is 0 Å². The maximum Gasteiger partial charge on any atom is 0.293 e. The predicted molar refractivity (Wildman–Crippen MR) is 105 cm³/mol. The molecule has 0 N–H and O–H groups in total. The maximum atomic E-state index is 12.5. The van der Waals surface area contributed by atoms with E-state index in [1.54, 1.807) is 6.08 Å². The van der Waals surface area contributed by atoms with E-state index in [-0.39, 0.29) is 11.1 Å². The lowest BCUT2D eigenvalue weighted by atomic mass is 10.2. The summed E-state index contributed by atoms with van der Waals surface area (Å²) in [6.45, 7) is 0.305. The number of halogens is 2. The molecule has 2 aromatic rings. The monoisotopic (exact) mass is 499 g/mol. The van der Waals surface area contributed by atoms with Crippen LogP contribution in [0.15, 0.2) is 57.9 Å². The highest BCUT2D eigenvalue weighted by molar-refractivity contribution is 14.1. The number of thioether (sulfide) groups is 1. The van der Waals surface area contributed by atoms with Crippen molar-refractivity contribution in [1.82, 2.24) is 4.90 Å². The van der Waals surface area contributed by atoms with E-state index in [2.05, 4.69) is 38.5 Å². The molecule has 0 spiro atoms. The van der Waals surface area contributed by atoms with Crippen LogP contribution in [-0.2, 0) is 11.3 Å². The van der Waals surface area contributed by atoms with Crippen molar-refractivity contribution in [2.75, 3.05) is 0 Å². The lowest BCUT2D eigenvalue weighted by molar-refractivity contribution is -0.123. The van der Waals surface area contributed by atoms with Gasteiger partial charge < -0.3 is 0 Å². The van der Waals surface area contributed by atoms with Gasteiger partial charge in [0, 0.05) is 8.04 Å². The molecule has 0 aromatic heterocycles. The molecule has 2 aromatic carbocycles. The molecule has 1 aliphatic rings. The summed E-state index contributed by atoms with van der Waals surface area (Å²) in [4.78, 5) is 26.3. The number of hydrogen-bond donors (Lipinski definition) is 0. The highest BCUT2D eigenvalue weighted by Crippen LogP contribution is 2.33. The van der Waals surface area contributed by atoms with E-state index < -0.39 is 0 Å². The summed E-state index contributed by atoms with van der Waals surface area (Å²) in [7, 11) is 0. The third kappa shape index (κ3) is 4.05. The van der Waals surface area contributed by atoms with Crippen LogP contribution in [0.2, 0.25) is 0 Å². The van der Waals surface area contributed by atoms with Crippen molar-refractivity contribution in [3.63, 3.8) is 0 Å². The molecule has 1 fully saturated rings. The van der Waals surface area contributed by atoms with Crippen molar-refractivity contribution in [2.45, 2.75) is 6.54 Å². The Labute approximate surface area is 160 Å². The maximum absolute atomic E-state index is 12.5. The normalized spacial score (nSPS) is 16.4. The average Bonchev–Trinajstić information content (AvgIpc) is 2.79. The van der Waals surface area contributed by atoms with E-state index in [9.17, 15) is 9.59 Å². The third-order valence-electron chi connectivity index (χ3n) is 3.30. The predicted octanol–water partition coefficient (Wildman–Crippen LogP) is 5.29. The van der Waals surface area contributed by atoms with E-state index >= 15 is 0 Å². The fourth-order valence-electron chi connectivity index (χ4n) is 2.12. The van der Waals surface area contributed by atoms with Gasteiger partial charge in [-0.15, -0.1) is 0 Å². The first kappa shape index (κ1) is 16.7. The Morgan fingerprint density at radius 3 is 2.35 bits per heavy atom. The van der Waals surface area contributed by atoms with E-state index in [4.69, 9.17) is 0 Å². The molecule has 23 heavy (non-hydrogen) atoms. The third-order valence-corrected chi connectivity index (χ3v) is 5.45. The van der Waals surface area contributed by atoms with Crippen molar-refractivity contribution in [2.24, 2.45) is 0 Å². The minimum Gasteiger partial charge on any atom is -0.268 e. The first-order chi connectivity index (χ1) is 11.0. The largest absolute Gasteiger partial charge is 0.293 e. The molecule has 0 aliphatic carbocycles. The molecule has 1 heterocycles. The van der Waals surface area contributed by atoms with E-state index in [1.165, 1.54) is 4.90 Å². The molecule has 0 unspecified atom stereocenters. The summed E-state index contributed by atoms with van der Waals surface area (Å²) < 4.78 is 2.09. The SMILES string of the molecule is O=C1S/C(=C\c2ccc(Br)cc2)C(=O)N1Cc1ccc(I)cc1. The molecule has 0 bridgehead atoms. The van der Waals surface area contributed by atoms with E-state index in [1.807, 2.05) is 48.5 Å². The molecule has 6 heteroatoms. The number of carbonyl (C=O) groups excluding carboxylic acids is 2. The van der Waals surface area contributed by atoms with Crippen LogP contribution in [0.25, 0.3) is 6.08 Å². The standard InChI is InChI=1S/C17H11BrINO2S/c18-13-5-1-11(2-6-13)9-15-16(21)20(17(22)23-15)10-12-3-7-14(19)8-4-12/h1-9H,10H2/b15-9-. The Hall–Kier alpha value is -1.12. The van der Waals surface area contributed by atoms with Crippen LogP contribution in [-0.4, -0.2) is 16.0 Å². The summed E-state index contributed by atoms with van der Waals surface area (Å²) in [5.74, 6) is -0.235. The lowest BCUT2D eigenvalue weighted by Gasteiger charge is -2.12. The summed E-state index contributed by atoms with van der Waals surface area (Å²) in [6, 6.07) is 15.4. The van der Waals surface area contributed by atoms with Crippen LogP contribution in [0.5, 0.6) is 0 Å². The molecule has 2 amide bonds. The molecule has 3 nitrogen and oxygen atoms in total. The molecule has 1 aliphatic heterocycles. The summed E-state index contributed by atoms with van der Waals surface area (Å²) in [5, 5.41) is -0.225. The quantitative estimate of drug-likeness (QED) is 0.425. The minimum absolute atomic E-state index is 0.225.